The van der Waals surface area contributed by atoms with Crippen LogP contribution in [-0.2, 0) is 0 Å². The maximum Gasteiger partial charge on any atom is 2.00 e. The molecule has 102 valence electrons. The summed E-state index contributed by atoms with van der Waals surface area (Å²) in [4.78, 5) is 13.7. The second-order valence-corrected chi connectivity index (χ2v) is 9.68. The minimum absolute atomic E-state index is 0. The van der Waals surface area contributed by atoms with E-state index in [1.165, 1.54) is 0 Å². The van der Waals surface area contributed by atoms with Gasteiger partial charge in [-0.15, -0.1) is 0 Å². The third kappa shape index (κ3) is 3.74. The van der Waals surface area contributed by atoms with E-state index >= 15 is 0 Å². The Kier molecular flexibility index (Phi) is 7.70. The van der Waals surface area contributed by atoms with E-state index < -0.39 is 8.32 Å². The van der Waals surface area contributed by atoms with E-state index in [-0.39, 0.29) is 45.1 Å². The molecule has 4 heteroatoms. The van der Waals surface area contributed by atoms with Crippen LogP contribution >= 0.6 is 0 Å². The van der Waals surface area contributed by atoms with Crippen molar-refractivity contribution in [3.8, 4) is 0 Å². The number of benzene rings is 2. The average Bonchev–Trinajstić information content (AvgIpc) is 2.38. The standard InChI is InChI=1S/C16H19OSi.BrH.Mg/c1-16(2,3)18(17,14-10-6-4-7-11-14)15-12-8-5-9-13-15;;/h4-13H,1-3H3;1H;/q-1;;+2/p-1. The fourth-order valence-electron chi connectivity index (χ4n) is 2.38. The molecule has 0 aromatic heterocycles. The van der Waals surface area contributed by atoms with E-state index in [4.69, 9.17) is 0 Å². The minimum atomic E-state index is -2.95. The first-order valence-electron chi connectivity index (χ1n) is 6.28. The summed E-state index contributed by atoms with van der Waals surface area (Å²) < 4.78 is 0. The molecule has 0 aliphatic rings. The van der Waals surface area contributed by atoms with Crippen molar-refractivity contribution in [3.63, 3.8) is 0 Å². The fraction of sp³-hybridized carbons (Fsp3) is 0.250. The van der Waals surface area contributed by atoms with Gasteiger partial charge >= 0.3 is 23.1 Å². The Bertz CT molecular complexity index is 472. The van der Waals surface area contributed by atoms with Gasteiger partial charge in [0.2, 0.25) is 0 Å². The smallest absolute Gasteiger partial charge is 1.00 e. The molecule has 20 heavy (non-hydrogen) atoms. The molecule has 2 rings (SSSR count). The van der Waals surface area contributed by atoms with Crippen LogP contribution < -0.4 is 32.2 Å². The predicted molar refractivity (Wildman–Crippen MR) is 83.4 cm³/mol. The summed E-state index contributed by atoms with van der Waals surface area (Å²) in [5.41, 5.74) is 0. The summed E-state index contributed by atoms with van der Waals surface area (Å²) >= 11 is 0. The average molecular weight is 360 g/mol. The van der Waals surface area contributed by atoms with Crippen LogP contribution in [0, 0.1) is 0 Å². The van der Waals surface area contributed by atoms with Crippen LogP contribution in [-0.4, -0.2) is 31.4 Å². The summed E-state index contributed by atoms with van der Waals surface area (Å²) in [5, 5.41) is 1.67. The summed E-state index contributed by atoms with van der Waals surface area (Å²) in [6, 6.07) is 19.7. The first-order valence-corrected chi connectivity index (χ1v) is 8.18. The summed E-state index contributed by atoms with van der Waals surface area (Å²) in [6.45, 7) is 6.19. The van der Waals surface area contributed by atoms with Gasteiger partial charge in [0.15, 0.2) is 0 Å². The van der Waals surface area contributed by atoms with Crippen LogP contribution in [0.4, 0.5) is 0 Å². The molecule has 0 aliphatic carbocycles. The molecule has 0 saturated heterocycles. The number of rotatable bonds is 2. The van der Waals surface area contributed by atoms with Crippen molar-refractivity contribution < 1.29 is 21.8 Å². The molecule has 0 fully saturated rings. The molecule has 2 aromatic rings. The minimum Gasteiger partial charge on any atom is -1.00 e. The van der Waals surface area contributed by atoms with Gasteiger partial charge in [-0.3, -0.25) is 0 Å². The molecule has 0 heterocycles. The van der Waals surface area contributed by atoms with Crippen LogP contribution in [0.2, 0.25) is 5.04 Å². The molecule has 0 bridgehead atoms. The van der Waals surface area contributed by atoms with Crippen molar-refractivity contribution in [1.29, 1.82) is 0 Å². The number of hydrogen-bond acceptors (Lipinski definition) is 1. The second kappa shape index (κ2) is 7.75. The number of hydrogen-bond donors (Lipinski definition) is 0. The molecule has 0 atom stereocenters. The topological polar surface area (TPSA) is 23.1 Å². The van der Waals surface area contributed by atoms with Crippen molar-refractivity contribution >= 4 is 41.7 Å². The molecule has 1 nitrogen and oxygen atoms in total. The van der Waals surface area contributed by atoms with E-state index in [0.717, 1.165) is 10.4 Å². The van der Waals surface area contributed by atoms with Gasteiger partial charge in [0.25, 0.3) is 0 Å². The zero-order valence-electron chi connectivity index (χ0n) is 12.3. The second-order valence-electron chi connectivity index (χ2n) is 5.66. The normalized spacial score (nSPS) is 11.2. The molecular formula is C16H19BrMgOSi. The SMILES string of the molecule is CC(C)(C)[Si]([O-])(c1ccccc1)c1ccccc1.[Br-].[Mg+2]. The van der Waals surface area contributed by atoms with Crippen LogP contribution in [0.3, 0.4) is 0 Å². The Morgan fingerprint density at radius 2 is 1.05 bits per heavy atom. The molecule has 0 N–H and O–H groups in total. The molecule has 0 unspecified atom stereocenters. The first-order chi connectivity index (χ1) is 8.46. The van der Waals surface area contributed by atoms with Crippen LogP contribution in [0.5, 0.6) is 0 Å². The third-order valence-electron chi connectivity index (χ3n) is 3.42. The van der Waals surface area contributed by atoms with Gasteiger partial charge in [-0.1, -0.05) is 91.8 Å². The van der Waals surface area contributed by atoms with Crippen LogP contribution in [0.15, 0.2) is 60.7 Å². The molecule has 0 amide bonds. The van der Waals surface area contributed by atoms with Gasteiger partial charge in [-0.2, -0.15) is 0 Å². The quantitative estimate of drug-likeness (QED) is 0.601. The fourth-order valence-corrected chi connectivity index (χ4v) is 5.77. The molecule has 0 saturated carbocycles. The number of halogens is 1. The van der Waals surface area contributed by atoms with Crippen molar-refractivity contribution in [2.75, 3.05) is 0 Å². The van der Waals surface area contributed by atoms with E-state index in [2.05, 4.69) is 20.8 Å². The molecular weight excluding hydrogens is 340 g/mol. The van der Waals surface area contributed by atoms with Crippen molar-refractivity contribution in [1.82, 2.24) is 0 Å². The van der Waals surface area contributed by atoms with E-state index in [1.807, 2.05) is 60.7 Å². The maximum atomic E-state index is 13.7. The van der Waals surface area contributed by atoms with E-state index in [0.29, 0.717) is 0 Å². The Hall–Kier alpha value is -0.137. The van der Waals surface area contributed by atoms with Gasteiger partial charge in [0.05, 0.1) is 0 Å². The zero-order valence-corrected chi connectivity index (χ0v) is 16.3. The molecule has 0 spiro atoms. The Morgan fingerprint density at radius 3 is 1.30 bits per heavy atom. The van der Waals surface area contributed by atoms with Crippen molar-refractivity contribution in [3.05, 3.63) is 60.7 Å². The third-order valence-corrected chi connectivity index (χ3v) is 7.82. The van der Waals surface area contributed by atoms with Gasteiger partial charge < -0.3 is 21.8 Å². The van der Waals surface area contributed by atoms with Gasteiger partial charge in [0.1, 0.15) is 0 Å². The first kappa shape index (κ1) is 19.9. The Morgan fingerprint density at radius 1 is 0.750 bits per heavy atom. The summed E-state index contributed by atoms with van der Waals surface area (Å²) in [6.07, 6.45) is 0. The monoisotopic (exact) mass is 358 g/mol. The van der Waals surface area contributed by atoms with E-state index in [1.54, 1.807) is 0 Å². The Balaban J connectivity index is 0.00000180. The van der Waals surface area contributed by atoms with Crippen LogP contribution in [0.25, 0.3) is 0 Å². The predicted octanol–water partition coefficient (Wildman–Crippen LogP) is -1.47. The summed E-state index contributed by atoms with van der Waals surface area (Å²) in [5.74, 6) is 0. The largest absolute Gasteiger partial charge is 2.00 e. The Labute approximate surface area is 149 Å². The maximum absolute atomic E-state index is 13.7. The van der Waals surface area contributed by atoms with E-state index in [9.17, 15) is 4.80 Å². The molecule has 2 aromatic carbocycles. The molecule has 0 radical (unpaired) electrons. The van der Waals surface area contributed by atoms with Crippen molar-refractivity contribution in [2.45, 2.75) is 25.8 Å². The van der Waals surface area contributed by atoms with Gasteiger partial charge in [-0.25, -0.2) is 0 Å². The molecule has 0 aliphatic heterocycles. The van der Waals surface area contributed by atoms with Crippen molar-refractivity contribution in [2.24, 2.45) is 0 Å². The summed E-state index contributed by atoms with van der Waals surface area (Å²) in [7, 11) is -2.95. The van der Waals surface area contributed by atoms with Crippen LogP contribution in [0.1, 0.15) is 20.8 Å². The van der Waals surface area contributed by atoms with Gasteiger partial charge in [-0.05, 0) is 5.04 Å². The van der Waals surface area contributed by atoms with Gasteiger partial charge in [0, 0.05) is 8.32 Å². The zero-order chi connectivity index (χ0) is 13.2.